The van der Waals surface area contributed by atoms with Crippen molar-refractivity contribution in [3.05, 3.63) is 41.3 Å². The minimum atomic E-state index is -0.308. The van der Waals surface area contributed by atoms with Gasteiger partial charge < -0.3 is 14.7 Å². The van der Waals surface area contributed by atoms with Crippen molar-refractivity contribution in [3.8, 4) is 0 Å². The van der Waals surface area contributed by atoms with Gasteiger partial charge >= 0.3 is 0 Å². The molecule has 126 valence electrons. The third-order valence-electron chi connectivity index (χ3n) is 4.01. The van der Waals surface area contributed by atoms with Gasteiger partial charge in [-0.05, 0) is 30.7 Å². The molecule has 3 rings (SSSR count). The Labute approximate surface area is 137 Å². The van der Waals surface area contributed by atoms with E-state index in [0.29, 0.717) is 23.7 Å². The summed E-state index contributed by atoms with van der Waals surface area (Å²) in [5.74, 6) is -0.228. The van der Waals surface area contributed by atoms with E-state index in [9.17, 15) is 14.0 Å². The molecule has 8 heteroatoms. The van der Waals surface area contributed by atoms with Gasteiger partial charge in [0.05, 0.1) is 12.3 Å². The monoisotopic (exact) mass is 332 g/mol. The average molecular weight is 332 g/mol. The van der Waals surface area contributed by atoms with Gasteiger partial charge in [-0.2, -0.15) is 4.98 Å². The Kier molecular flexibility index (Phi) is 4.28. The minimum absolute atomic E-state index is 0.0293. The highest BCUT2D eigenvalue weighted by atomic mass is 19.1. The smallest absolute Gasteiger partial charge is 0.232 e. The van der Waals surface area contributed by atoms with E-state index in [1.807, 2.05) is 0 Å². The first-order valence-corrected chi connectivity index (χ1v) is 7.57. The number of hydrogen-bond donors (Lipinski definition) is 1. The molecule has 1 N–H and O–H groups in total. The number of nitrogens with one attached hydrogen (secondary N) is 1. The molecular weight excluding hydrogens is 315 g/mol. The summed E-state index contributed by atoms with van der Waals surface area (Å²) in [5.41, 5.74) is 1.13. The van der Waals surface area contributed by atoms with E-state index in [1.54, 1.807) is 24.0 Å². The van der Waals surface area contributed by atoms with Crippen LogP contribution >= 0.6 is 0 Å². The first kappa shape index (κ1) is 16.1. The van der Waals surface area contributed by atoms with Gasteiger partial charge in [-0.25, -0.2) is 4.39 Å². The van der Waals surface area contributed by atoms with E-state index < -0.39 is 0 Å². The molecule has 2 aromatic rings. The third-order valence-corrected chi connectivity index (χ3v) is 4.01. The van der Waals surface area contributed by atoms with E-state index in [0.717, 1.165) is 0 Å². The van der Waals surface area contributed by atoms with Gasteiger partial charge in [-0.1, -0.05) is 5.16 Å². The molecule has 0 unspecified atom stereocenters. The number of aryl methyl sites for hydroxylation is 1. The highest BCUT2D eigenvalue weighted by molar-refractivity contribution is 5.96. The summed E-state index contributed by atoms with van der Waals surface area (Å²) in [6.07, 6.45) is 0.263. The van der Waals surface area contributed by atoms with Crippen molar-refractivity contribution in [2.24, 2.45) is 0 Å². The van der Waals surface area contributed by atoms with Crippen molar-refractivity contribution < 1.29 is 18.5 Å². The predicted octanol–water partition coefficient (Wildman–Crippen LogP) is 1.33. The lowest BCUT2D eigenvalue weighted by Gasteiger charge is -2.16. The summed E-state index contributed by atoms with van der Waals surface area (Å²) in [6, 6.07) is 4.56. The molecule has 1 fully saturated rings. The SMILES string of the molecule is CNC(=O)Cc1noc([C@@H]2CC(=O)N(c3ccc(F)c(C)c3)C2)n1. The Balaban J connectivity index is 1.74. The molecule has 24 heavy (non-hydrogen) atoms. The zero-order valence-electron chi connectivity index (χ0n) is 13.4. The molecule has 0 bridgehead atoms. The maximum absolute atomic E-state index is 13.4. The van der Waals surface area contributed by atoms with Crippen LogP contribution in [0.3, 0.4) is 0 Å². The molecule has 0 radical (unpaired) electrons. The molecule has 0 aliphatic carbocycles. The van der Waals surface area contributed by atoms with Crippen LogP contribution in [-0.2, 0) is 16.0 Å². The Morgan fingerprint density at radius 2 is 2.29 bits per heavy atom. The topological polar surface area (TPSA) is 88.3 Å². The number of rotatable bonds is 4. The van der Waals surface area contributed by atoms with Crippen molar-refractivity contribution in [2.75, 3.05) is 18.5 Å². The maximum atomic E-state index is 13.4. The van der Waals surface area contributed by atoms with Crippen LogP contribution in [0.1, 0.15) is 29.6 Å². The van der Waals surface area contributed by atoms with Crippen molar-refractivity contribution in [1.82, 2.24) is 15.5 Å². The number of nitrogens with zero attached hydrogens (tertiary/aromatic N) is 3. The fraction of sp³-hybridized carbons (Fsp3) is 0.375. The molecule has 1 aromatic carbocycles. The van der Waals surface area contributed by atoms with Crippen LogP contribution in [0.25, 0.3) is 0 Å². The lowest BCUT2D eigenvalue weighted by molar-refractivity contribution is -0.120. The zero-order valence-corrected chi connectivity index (χ0v) is 13.4. The number of hydrogen-bond acceptors (Lipinski definition) is 5. The summed E-state index contributed by atoms with van der Waals surface area (Å²) in [7, 11) is 1.53. The second-order valence-corrected chi connectivity index (χ2v) is 5.74. The summed E-state index contributed by atoms with van der Waals surface area (Å²) in [4.78, 5) is 29.4. The summed E-state index contributed by atoms with van der Waals surface area (Å²) in [5, 5.41) is 6.25. The molecule has 1 atom stereocenters. The van der Waals surface area contributed by atoms with E-state index in [4.69, 9.17) is 4.52 Å². The van der Waals surface area contributed by atoms with Crippen LogP contribution in [-0.4, -0.2) is 35.5 Å². The van der Waals surface area contributed by atoms with E-state index in [1.165, 1.54) is 13.1 Å². The molecule has 1 aliphatic heterocycles. The van der Waals surface area contributed by atoms with Crippen molar-refractivity contribution in [2.45, 2.75) is 25.7 Å². The van der Waals surface area contributed by atoms with E-state index >= 15 is 0 Å². The summed E-state index contributed by atoms with van der Waals surface area (Å²) >= 11 is 0. The number of aromatic nitrogens is 2. The predicted molar refractivity (Wildman–Crippen MR) is 82.9 cm³/mol. The van der Waals surface area contributed by atoms with Gasteiger partial charge in [-0.3, -0.25) is 9.59 Å². The van der Waals surface area contributed by atoms with Crippen LogP contribution in [0.15, 0.2) is 22.7 Å². The number of benzene rings is 1. The minimum Gasteiger partial charge on any atom is -0.359 e. The lowest BCUT2D eigenvalue weighted by atomic mass is 10.1. The number of carbonyl (C=O) groups is 2. The first-order chi connectivity index (χ1) is 11.5. The Hall–Kier alpha value is -2.77. The summed E-state index contributed by atoms with van der Waals surface area (Å²) in [6.45, 7) is 2.03. The Morgan fingerprint density at radius 3 is 3.00 bits per heavy atom. The average Bonchev–Trinajstić information content (AvgIpc) is 3.16. The highest BCUT2D eigenvalue weighted by Gasteiger charge is 2.35. The molecule has 0 saturated carbocycles. The Bertz CT molecular complexity index is 789. The van der Waals surface area contributed by atoms with Crippen molar-refractivity contribution in [1.29, 1.82) is 0 Å². The fourth-order valence-electron chi connectivity index (χ4n) is 2.66. The van der Waals surface area contributed by atoms with E-state index in [2.05, 4.69) is 15.5 Å². The second kappa shape index (κ2) is 6.38. The summed E-state index contributed by atoms with van der Waals surface area (Å²) < 4.78 is 18.6. The van der Waals surface area contributed by atoms with Gasteiger partial charge in [0.2, 0.25) is 17.7 Å². The van der Waals surface area contributed by atoms with Crippen LogP contribution < -0.4 is 10.2 Å². The molecule has 0 spiro atoms. The maximum Gasteiger partial charge on any atom is 0.232 e. The number of halogens is 1. The number of carbonyl (C=O) groups excluding carboxylic acids is 2. The number of likely N-dealkylation sites (N-methyl/N-ethyl adjacent to an activating group) is 1. The van der Waals surface area contributed by atoms with Gasteiger partial charge in [0, 0.05) is 25.7 Å². The molecule has 7 nitrogen and oxygen atoms in total. The number of anilines is 1. The fourth-order valence-corrected chi connectivity index (χ4v) is 2.66. The quantitative estimate of drug-likeness (QED) is 0.912. The van der Waals surface area contributed by atoms with E-state index in [-0.39, 0.29) is 42.2 Å². The molecule has 2 heterocycles. The first-order valence-electron chi connectivity index (χ1n) is 7.57. The standard InChI is InChI=1S/C16H17FN4O3/c1-9-5-11(3-4-12(9)17)21-8-10(6-15(21)23)16-19-13(20-24-16)7-14(22)18-2/h3-5,10H,6-8H2,1-2H3,(H,18,22)/t10-/m1/s1. The Morgan fingerprint density at radius 1 is 1.50 bits per heavy atom. The van der Waals surface area contributed by atoms with Gasteiger partial charge in [0.25, 0.3) is 0 Å². The highest BCUT2D eigenvalue weighted by Crippen LogP contribution is 2.31. The zero-order chi connectivity index (χ0) is 17.3. The van der Waals surface area contributed by atoms with Crippen molar-refractivity contribution >= 4 is 17.5 Å². The van der Waals surface area contributed by atoms with Gasteiger partial charge in [0.15, 0.2) is 5.82 Å². The van der Waals surface area contributed by atoms with Crippen LogP contribution in [0.2, 0.25) is 0 Å². The molecule has 1 aliphatic rings. The molecule has 1 aromatic heterocycles. The van der Waals surface area contributed by atoms with Crippen LogP contribution in [0.5, 0.6) is 0 Å². The largest absolute Gasteiger partial charge is 0.359 e. The lowest BCUT2D eigenvalue weighted by Crippen LogP contribution is -2.24. The third kappa shape index (κ3) is 3.12. The normalized spacial score (nSPS) is 17.4. The van der Waals surface area contributed by atoms with Gasteiger partial charge in [0.1, 0.15) is 5.82 Å². The number of amides is 2. The molecule has 2 amide bonds. The van der Waals surface area contributed by atoms with Crippen LogP contribution in [0, 0.1) is 12.7 Å². The second-order valence-electron chi connectivity index (χ2n) is 5.74. The molecular formula is C16H17FN4O3. The molecule has 1 saturated heterocycles. The van der Waals surface area contributed by atoms with Gasteiger partial charge in [-0.15, -0.1) is 0 Å². The van der Waals surface area contributed by atoms with Crippen LogP contribution in [0.4, 0.5) is 10.1 Å². The van der Waals surface area contributed by atoms with Crippen molar-refractivity contribution in [3.63, 3.8) is 0 Å².